The van der Waals surface area contributed by atoms with E-state index in [-0.39, 0.29) is 12.6 Å². The second-order valence-electron chi connectivity index (χ2n) is 5.12. The van der Waals surface area contributed by atoms with Crippen molar-refractivity contribution in [3.8, 4) is 0 Å². The van der Waals surface area contributed by atoms with Crippen molar-refractivity contribution in [3.05, 3.63) is 35.1 Å². The van der Waals surface area contributed by atoms with E-state index >= 15 is 0 Å². The van der Waals surface area contributed by atoms with E-state index in [1.807, 2.05) is 6.92 Å². The molecule has 1 nitrogen and oxygen atoms in total. The molecule has 0 aliphatic rings. The fourth-order valence-corrected chi connectivity index (χ4v) is 2.01. The summed E-state index contributed by atoms with van der Waals surface area (Å²) in [6.07, 6.45) is -0.184. The summed E-state index contributed by atoms with van der Waals surface area (Å²) in [5.74, 6) is -0.852. The van der Waals surface area contributed by atoms with E-state index in [0.29, 0.717) is 11.6 Å². The Balaban J connectivity index is 2.57. The Labute approximate surface area is 117 Å². The first-order valence-electron chi connectivity index (χ1n) is 6.93. The highest BCUT2D eigenvalue weighted by atomic mass is 19.4. The number of hydrogen-bond donors (Lipinski definition) is 1. The number of rotatable bonds is 7. The molecule has 20 heavy (non-hydrogen) atoms. The van der Waals surface area contributed by atoms with Gasteiger partial charge in [0.1, 0.15) is 5.82 Å². The molecule has 0 saturated carbocycles. The van der Waals surface area contributed by atoms with Gasteiger partial charge in [-0.1, -0.05) is 26.2 Å². The molecule has 0 aliphatic carbocycles. The highest BCUT2D eigenvalue weighted by Crippen LogP contribution is 2.30. The highest BCUT2D eigenvalue weighted by molar-refractivity contribution is 5.26. The average Bonchev–Trinajstić information content (AvgIpc) is 2.35. The molecule has 114 valence electrons. The van der Waals surface area contributed by atoms with Crippen LogP contribution in [-0.2, 0) is 12.7 Å². The van der Waals surface area contributed by atoms with E-state index in [4.69, 9.17) is 0 Å². The topological polar surface area (TPSA) is 12.0 Å². The van der Waals surface area contributed by atoms with Crippen LogP contribution in [0.5, 0.6) is 0 Å². The Bertz CT molecular complexity index is 415. The predicted molar refractivity (Wildman–Crippen MR) is 71.8 cm³/mol. The molecular formula is C15H21F4N. The molecule has 1 unspecified atom stereocenters. The number of benzene rings is 1. The second-order valence-corrected chi connectivity index (χ2v) is 5.12. The SMILES string of the molecule is CCCCCC(C)NCc1cc(F)cc(C(F)(F)F)c1. The Morgan fingerprint density at radius 3 is 2.45 bits per heavy atom. The van der Waals surface area contributed by atoms with Gasteiger partial charge in [0.05, 0.1) is 5.56 Å². The highest BCUT2D eigenvalue weighted by Gasteiger charge is 2.31. The van der Waals surface area contributed by atoms with Gasteiger partial charge in [-0.05, 0) is 37.1 Å². The molecule has 1 aromatic carbocycles. The zero-order chi connectivity index (χ0) is 15.2. The van der Waals surface area contributed by atoms with Crippen molar-refractivity contribution in [2.75, 3.05) is 0 Å². The second kappa shape index (κ2) is 7.62. The molecule has 0 heterocycles. The minimum atomic E-state index is -4.51. The minimum Gasteiger partial charge on any atom is -0.310 e. The zero-order valence-corrected chi connectivity index (χ0v) is 11.9. The molecule has 5 heteroatoms. The van der Waals surface area contributed by atoms with Gasteiger partial charge >= 0.3 is 6.18 Å². The number of nitrogens with one attached hydrogen (secondary N) is 1. The van der Waals surface area contributed by atoms with Crippen LogP contribution in [0.3, 0.4) is 0 Å². The summed E-state index contributed by atoms with van der Waals surface area (Å²) >= 11 is 0. The largest absolute Gasteiger partial charge is 0.416 e. The lowest BCUT2D eigenvalue weighted by atomic mass is 10.1. The Kier molecular flexibility index (Phi) is 6.46. The lowest BCUT2D eigenvalue weighted by Gasteiger charge is -2.15. The van der Waals surface area contributed by atoms with E-state index in [1.165, 1.54) is 0 Å². The summed E-state index contributed by atoms with van der Waals surface area (Å²) in [6, 6.07) is 2.86. The summed E-state index contributed by atoms with van der Waals surface area (Å²) in [5, 5.41) is 3.13. The monoisotopic (exact) mass is 291 g/mol. The van der Waals surface area contributed by atoms with E-state index in [2.05, 4.69) is 12.2 Å². The Hall–Kier alpha value is -1.10. The molecule has 0 amide bonds. The molecule has 0 aliphatic heterocycles. The predicted octanol–water partition coefficient (Wildman–Crippen LogP) is 4.90. The van der Waals surface area contributed by atoms with Gasteiger partial charge in [0.15, 0.2) is 0 Å². The molecule has 1 rings (SSSR count). The molecule has 0 radical (unpaired) electrons. The van der Waals surface area contributed by atoms with Crippen molar-refractivity contribution in [3.63, 3.8) is 0 Å². The van der Waals surface area contributed by atoms with Gasteiger partial charge < -0.3 is 5.32 Å². The molecule has 1 aromatic rings. The maximum atomic E-state index is 13.2. The van der Waals surface area contributed by atoms with Gasteiger partial charge in [-0.2, -0.15) is 13.2 Å². The lowest BCUT2D eigenvalue weighted by Crippen LogP contribution is -2.25. The summed E-state index contributed by atoms with van der Waals surface area (Å²) in [4.78, 5) is 0. The molecule has 0 aromatic heterocycles. The zero-order valence-electron chi connectivity index (χ0n) is 11.9. The van der Waals surface area contributed by atoms with Crippen LogP contribution < -0.4 is 5.32 Å². The van der Waals surface area contributed by atoms with Crippen molar-refractivity contribution >= 4 is 0 Å². The molecule has 0 bridgehead atoms. The maximum Gasteiger partial charge on any atom is 0.416 e. The summed E-state index contributed by atoms with van der Waals surface area (Å²) in [7, 11) is 0. The van der Waals surface area contributed by atoms with Crippen molar-refractivity contribution in [1.29, 1.82) is 0 Å². The smallest absolute Gasteiger partial charge is 0.310 e. The van der Waals surface area contributed by atoms with Crippen LogP contribution in [0.15, 0.2) is 18.2 Å². The van der Waals surface area contributed by atoms with Gasteiger partial charge in [-0.25, -0.2) is 4.39 Å². The fourth-order valence-electron chi connectivity index (χ4n) is 2.01. The van der Waals surface area contributed by atoms with Gasteiger partial charge in [0, 0.05) is 12.6 Å². The van der Waals surface area contributed by atoms with Crippen LogP contribution in [0.4, 0.5) is 17.6 Å². The molecule has 1 atom stereocenters. The lowest BCUT2D eigenvalue weighted by molar-refractivity contribution is -0.137. The van der Waals surface area contributed by atoms with Crippen LogP contribution in [0.1, 0.15) is 50.7 Å². The van der Waals surface area contributed by atoms with Gasteiger partial charge in [-0.15, -0.1) is 0 Å². The number of halogens is 4. The van der Waals surface area contributed by atoms with Crippen LogP contribution in [0, 0.1) is 5.82 Å². The Morgan fingerprint density at radius 2 is 1.85 bits per heavy atom. The third kappa shape index (κ3) is 5.90. The first-order valence-corrected chi connectivity index (χ1v) is 6.93. The first kappa shape index (κ1) is 17.0. The molecule has 1 N–H and O–H groups in total. The summed E-state index contributed by atoms with van der Waals surface area (Å²) in [6.45, 7) is 4.34. The quantitative estimate of drug-likeness (QED) is 0.556. The third-order valence-electron chi connectivity index (χ3n) is 3.18. The van der Waals surface area contributed by atoms with Crippen molar-refractivity contribution in [1.82, 2.24) is 5.32 Å². The molecular weight excluding hydrogens is 270 g/mol. The van der Waals surface area contributed by atoms with Gasteiger partial charge in [0.2, 0.25) is 0 Å². The van der Waals surface area contributed by atoms with Crippen molar-refractivity contribution in [2.24, 2.45) is 0 Å². The molecule has 0 fully saturated rings. The van der Waals surface area contributed by atoms with E-state index < -0.39 is 17.6 Å². The minimum absolute atomic E-state index is 0.208. The van der Waals surface area contributed by atoms with Crippen LogP contribution in [0.2, 0.25) is 0 Å². The average molecular weight is 291 g/mol. The van der Waals surface area contributed by atoms with Crippen molar-refractivity contribution in [2.45, 2.75) is 58.3 Å². The van der Waals surface area contributed by atoms with Crippen LogP contribution >= 0.6 is 0 Å². The number of alkyl halides is 3. The standard InChI is InChI=1S/C15H21F4N/c1-3-4-5-6-11(2)20-10-12-7-13(15(17,18)19)9-14(16)8-12/h7-9,11,20H,3-6,10H2,1-2H3. The number of hydrogen-bond acceptors (Lipinski definition) is 1. The van der Waals surface area contributed by atoms with Crippen LogP contribution in [-0.4, -0.2) is 6.04 Å². The molecule has 0 saturated heterocycles. The van der Waals surface area contributed by atoms with E-state index in [9.17, 15) is 17.6 Å². The fraction of sp³-hybridized carbons (Fsp3) is 0.600. The van der Waals surface area contributed by atoms with Gasteiger partial charge in [-0.3, -0.25) is 0 Å². The van der Waals surface area contributed by atoms with Crippen molar-refractivity contribution < 1.29 is 17.6 Å². The van der Waals surface area contributed by atoms with E-state index in [1.54, 1.807) is 0 Å². The van der Waals surface area contributed by atoms with Gasteiger partial charge in [0.25, 0.3) is 0 Å². The van der Waals surface area contributed by atoms with Crippen LogP contribution in [0.25, 0.3) is 0 Å². The third-order valence-corrected chi connectivity index (χ3v) is 3.18. The summed E-state index contributed by atoms with van der Waals surface area (Å²) < 4.78 is 50.9. The maximum absolute atomic E-state index is 13.2. The number of unbranched alkanes of at least 4 members (excludes halogenated alkanes) is 2. The van der Waals surface area contributed by atoms with E-state index in [0.717, 1.165) is 37.8 Å². The molecule has 0 spiro atoms. The first-order chi connectivity index (χ1) is 9.32. The normalized spacial score (nSPS) is 13.5. The summed E-state index contributed by atoms with van der Waals surface area (Å²) in [5.41, 5.74) is -0.618. The Morgan fingerprint density at radius 1 is 1.15 bits per heavy atom.